The van der Waals surface area contributed by atoms with E-state index in [-0.39, 0.29) is 5.91 Å². The van der Waals surface area contributed by atoms with E-state index in [1.54, 1.807) is 12.3 Å². The molecule has 0 bridgehead atoms. The molecule has 0 spiro atoms. The summed E-state index contributed by atoms with van der Waals surface area (Å²) < 4.78 is 0. The van der Waals surface area contributed by atoms with Crippen molar-refractivity contribution in [2.24, 2.45) is 5.92 Å². The molecule has 2 aliphatic heterocycles. The number of carbonyl (C=O) groups is 1. The molecule has 23 heavy (non-hydrogen) atoms. The Morgan fingerprint density at radius 3 is 2.96 bits per heavy atom. The zero-order chi connectivity index (χ0) is 16.1. The maximum atomic E-state index is 12.3. The minimum absolute atomic E-state index is 0.00809. The van der Waals surface area contributed by atoms with Crippen LogP contribution in [-0.4, -0.2) is 68.7 Å². The Morgan fingerprint density at radius 1 is 1.39 bits per heavy atom. The number of carbonyl (C=O) groups excluding carboxylic acids is 1. The maximum Gasteiger partial charge on any atom is 0.251 e. The van der Waals surface area contributed by atoms with Gasteiger partial charge in [-0.05, 0) is 51.0 Å². The quantitative estimate of drug-likeness (QED) is 0.831. The second-order valence-electron chi connectivity index (χ2n) is 6.60. The van der Waals surface area contributed by atoms with Gasteiger partial charge in [-0.3, -0.25) is 4.79 Å². The van der Waals surface area contributed by atoms with Crippen LogP contribution in [-0.2, 0) is 0 Å². The summed E-state index contributed by atoms with van der Waals surface area (Å²) in [5.41, 5.74) is 0.707. The Kier molecular flexibility index (Phi) is 5.46. The highest BCUT2D eigenvalue weighted by Gasteiger charge is 2.17. The van der Waals surface area contributed by atoms with Crippen molar-refractivity contribution in [3.05, 3.63) is 23.9 Å². The van der Waals surface area contributed by atoms with Gasteiger partial charge in [0.1, 0.15) is 5.82 Å². The average molecular weight is 317 g/mol. The molecular weight excluding hydrogens is 290 g/mol. The van der Waals surface area contributed by atoms with Gasteiger partial charge in [-0.15, -0.1) is 0 Å². The second kappa shape index (κ2) is 7.75. The summed E-state index contributed by atoms with van der Waals surface area (Å²) in [7, 11) is 2.13. The lowest BCUT2D eigenvalue weighted by molar-refractivity contribution is 0.0951. The Labute approximate surface area is 138 Å². The van der Waals surface area contributed by atoms with Crippen LogP contribution < -0.4 is 15.5 Å². The van der Waals surface area contributed by atoms with Crippen molar-refractivity contribution in [2.45, 2.75) is 12.8 Å². The molecule has 6 nitrogen and oxygen atoms in total. The van der Waals surface area contributed by atoms with Crippen molar-refractivity contribution in [3.8, 4) is 0 Å². The molecule has 0 radical (unpaired) electrons. The molecular formula is C17H27N5O. The minimum Gasteiger partial charge on any atom is -0.354 e. The average Bonchev–Trinajstić information content (AvgIpc) is 3.09. The Bertz CT molecular complexity index is 521. The number of piperazine rings is 1. The van der Waals surface area contributed by atoms with E-state index in [2.05, 4.69) is 32.5 Å². The maximum absolute atomic E-state index is 12.3. The summed E-state index contributed by atoms with van der Waals surface area (Å²) in [6.45, 7) is 6.93. The van der Waals surface area contributed by atoms with Crippen LogP contribution in [0.4, 0.5) is 5.82 Å². The Balaban J connectivity index is 1.52. The number of pyridine rings is 1. The van der Waals surface area contributed by atoms with E-state index in [9.17, 15) is 4.79 Å². The summed E-state index contributed by atoms with van der Waals surface area (Å²) in [6, 6.07) is 3.71. The summed E-state index contributed by atoms with van der Waals surface area (Å²) in [4.78, 5) is 21.3. The van der Waals surface area contributed by atoms with Crippen LogP contribution >= 0.6 is 0 Å². The fraction of sp³-hybridized carbons (Fsp3) is 0.647. The smallest absolute Gasteiger partial charge is 0.251 e. The van der Waals surface area contributed by atoms with E-state index in [0.717, 1.165) is 58.1 Å². The number of hydrogen-bond donors (Lipinski definition) is 2. The lowest BCUT2D eigenvalue weighted by Gasteiger charge is -2.33. The molecule has 2 saturated heterocycles. The lowest BCUT2D eigenvalue weighted by Crippen LogP contribution is -2.44. The highest BCUT2D eigenvalue weighted by atomic mass is 16.1. The number of nitrogens with one attached hydrogen (secondary N) is 2. The highest BCUT2D eigenvalue weighted by Crippen LogP contribution is 2.15. The molecule has 2 aliphatic rings. The number of hydrogen-bond acceptors (Lipinski definition) is 5. The third-order valence-corrected chi connectivity index (χ3v) is 4.84. The summed E-state index contributed by atoms with van der Waals surface area (Å²) in [5.74, 6) is 1.62. The van der Waals surface area contributed by atoms with Crippen molar-refractivity contribution in [1.29, 1.82) is 0 Å². The van der Waals surface area contributed by atoms with E-state index < -0.39 is 0 Å². The van der Waals surface area contributed by atoms with Crippen LogP contribution in [0.15, 0.2) is 18.3 Å². The number of nitrogens with zero attached hydrogens (tertiary/aromatic N) is 3. The molecule has 2 N–H and O–H groups in total. The predicted molar refractivity (Wildman–Crippen MR) is 91.9 cm³/mol. The first kappa shape index (κ1) is 16.2. The molecule has 126 valence electrons. The SMILES string of the molecule is CN1CCN(c2cc(C(=O)NCCC3CCNC3)ccn2)CC1. The third kappa shape index (κ3) is 4.42. The van der Waals surface area contributed by atoms with Gasteiger partial charge in [0.15, 0.2) is 0 Å². The topological polar surface area (TPSA) is 60.5 Å². The first-order valence-corrected chi connectivity index (χ1v) is 8.61. The van der Waals surface area contributed by atoms with Crippen LogP contribution in [0, 0.1) is 5.92 Å². The van der Waals surface area contributed by atoms with Gasteiger partial charge in [0.05, 0.1) is 0 Å². The van der Waals surface area contributed by atoms with Gasteiger partial charge in [-0.1, -0.05) is 0 Å². The summed E-state index contributed by atoms with van der Waals surface area (Å²) in [5, 5.41) is 6.40. The van der Waals surface area contributed by atoms with Gasteiger partial charge < -0.3 is 20.4 Å². The first-order valence-electron chi connectivity index (χ1n) is 8.61. The van der Waals surface area contributed by atoms with Gasteiger partial charge >= 0.3 is 0 Å². The molecule has 3 heterocycles. The Morgan fingerprint density at radius 2 is 2.22 bits per heavy atom. The van der Waals surface area contributed by atoms with Gasteiger partial charge in [0.2, 0.25) is 0 Å². The summed E-state index contributed by atoms with van der Waals surface area (Å²) >= 11 is 0. The van der Waals surface area contributed by atoms with Gasteiger partial charge in [-0.2, -0.15) is 0 Å². The molecule has 6 heteroatoms. The molecule has 1 aromatic heterocycles. The molecule has 1 atom stereocenters. The van der Waals surface area contributed by atoms with Crippen molar-refractivity contribution < 1.29 is 4.79 Å². The number of anilines is 1. The fourth-order valence-corrected chi connectivity index (χ4v) is 3.22. The number of aromatic nitrogens is 1. The second-order valence-corrected chi connectivity index (χ2v) is 6.60. The van der Waals surface area contributed by atoms with Gasteiger partial charge in [0, 0.05) is 44.5 Å². The zero-order valence-electron chi connectivity index (χ0n) is 13.9. The normalized spacial score (nSPS) is 22.3. The molecule has 0 aromatic carbocycles. The Hall–Kier alpha value is -1.66. The van der Waals surface area contributed by atoms with Crippen LogP contribution in [0.1, 0.15) is 23.2 Å². The van der Waals surface area contributed by atoms with E-state index in [1.807, 2.05) is 6.07 Å². The third-order valence-electron chi connectivity index (χ3n) is 4.84. The van der Waals surface area contributed by atoms with E-state index in [1.165, 1.54) is 6.42 Å². The molecule has 2 fully saturated rings. The predicted octanol–water partition coefficient (Wildman–Crippen LogP) is 0.563. The van der Waals surface area contributed by atoms with Crippen LogP contribution in [0.2, 0.25) is 0 Å². The zero-order valence-corrected chi connectivity index (χ0v) is 13.9. The molecule has 1 amide bonds. The molecule has 1 unspecified atom stereocenters. The molecule has 0 saturated carbocycles. The van der Waals surface area contributed by atoms with Crippen molar-refractivity contribution >= 4 is 11.7 Å². The number of amides is 1. The highest BCUT2D eigenvalue weighted by molar-refractivity contribution is 5.94. The number of rotatable bonds is 5. The van der Waals surface area contributed by atoms with Crippen LogP contribution in [0.3, 0.4) is 0 Å². The number of likely N-dealkylation sites (N-methyl/N-ethyl adjacent to an activating group) is 1. The van der Waals surface area contributed by atoms with E-state index in [4.69, 9.17) is 0 Å². The molecule has 0 aliphatic carbocycles. The van der Waals surface area contributed by atoms with Crippen molar-refractivity contribution in [2.75, 3.05) is 57.8 Å². The monoisotopic (exact) mass is 317 g/mol. The van der Waals surface area contributed by atoms with Gasteiger partial charge in [0.25, 0.3) is 5.91 Å². The van der Waals surface area contributed by atoms with Crippen molar-refractivity contribution in [3.63, 3.8) is 0 Å². The standard InChI is InChI=1S/C17H27N5O/c1-21-8-10-22(11-9-21)16-12-15(4-7-19-16)17(23)20-6-3-14-2-5-18-13-14/h4,7,12,14,18H,2-3,5-6,8-11,13H2,1H3,(H,20,23). The lowest BCUT2D eigenvalue weighted by atomic mass is 10.1. The largest absolute Gasteiger partial charge is 0.354 e. The molecule has 3 rings (SSSR count). The van der Waals surface area contributed by atoms with Crippen LogP contribution in [0.5, 0.6) is 0 Å². The van der Waals surface area contributed by atoms with Crippen LogP contribution in [0.25, 0.3) is 0 Å². The van der Waals surface area contributed by atoms with Crippen molar-refractivity contribution in [1.82, 2.24) is 20.5 Å². The fourth-order valence-electron chi connectivity index (χ4n) is 3.22. The first-order chi connectivity index (χ1) is 11.2. The minimum atomic E-state index is 0.00809. The summed E-state index contributed by atoms with van der Waals surface area (Å²) in [6.07, 6.45) is 4.01. The van der Waals surface area contributed by atoms with E-state index >= 15 is 0 Å². The van der Waals surface area contributed by atoms with E-state index in [0.29, 0.717) is 11.5 Å². The van der Waals surface area contributed by atoms with Gasteiger partial charge in [-0.25, -0.2) is 4.98 Å². The molecule has 1 aromatic rings.